The Morgan fingerprint density at radius 2 is 2.38 bits per heavy atom. The molecule has 2 aromatic heterocycles. The van der Waals surface area contributed by atoms with Gasteiger partial charge in [-0.05, 0) is 12.8 Å². The first kappa shape index (κ1) is 15.3. The van der Waals surface area contributed by atoms with Crippen LogP contribution in [0.25, 0.3) is 0 Å². The molecule has 0 radical (unpaired) electrons. The first-order valence-corrected chi connectivity index (χ1v) is 8.26. The van der Waals surface area contributed by atoms with Gasteiger partial charge in [-0.1, -0.05) is 5.16 Å². The van der Waals surface area contributed by atoms with Crippen molar-refractivity contribution in [1.29, 1.82) is 0 Å². The maximum Gasteiger partial charge on any atom is 0.290 e. The molecule has 8 nitrogen and oxygen atoms in total. The maximum atomic E-state index is 12.3. The molecule has 2 aliphatic rings. The number of likely N-dealkylation sites (tertiary alicyclic amines) is 1. The summed E-state index contributed by atoms with van der Waals surface area (Å²) in [5, 5.41) is 6.62. The van der Waals surface area contributed by atoms with Crippen LogP contribution in [0.2, 0.25) is 0 Å². The van der Waals surface area contributed by atoms with Gasteiger partial charge in [-0.15, -0.1) is 0 Å². The Morgan fingerprint density at radius 3 is 3.12 bits per heavy atom. The second-order valence-electron chi connectivity index (χ2n) is 6.39. The molecule has 2 fully saturated rings. The number of amides is 1. The fourth-order valence-electron chi connectivity index (χ4n) is 3.67. The molecule has 0 unspecified atom stereocenters. The van der Waals surface area contributed by atoms with E-state index in [0.717, 1.165) is 38.4 Å². The second kappa shape index (κ2) is 6.37. The molecular weight excluding hydrogens is 310 g/mol. The van der Waals surface area contributed by atoms with Gasteiger partial charge in [-0.2, -0.15) is 0 Å². The Balaban J connectivity index is 1.48. The number of imidazole rings is 1. The molecule has 1 amide bonds. The van der Waals surface area contributed by atoms with E-state index >= 15 is 0 Å². The Hall–Kier alpha value is -2.19. The number of nitrogens with one attached hydrogen (secondary N) is 1. The Labute approximate surface area is 139 Å². The fraction of sp³-hybridized carbons (Fsp3) is 0.562. The van der Waals surface area contributed by atoms with Crippen LogP contribution >= 0.6 is 0 Å². The third-order valence-electron chi connectivity index (χ3n) is 4.87. The largest absolute Gasteiger partial charge is 0.374 e. The van der Waals surface area contributed by atoms with Crippen molar-refractivity contribution in [2.45, 2.75) is 37.6 Å². The summed E-state index contributed by atoms with van der Waals surface area (Å²) in [6.45, 7) is 2.23. The van der Waals surface area contributed by atoms with Crippen LogP contribution in [-0.2, 0) is 18.3 Å². The lowest BCUT2D eigenvalue weighted by molar-refractivity contribution is -0.0216. The van der Waals surface area contributed by atoms with E-state index < -0.39 is 0 Å². The van der Waals surface area contributed by atoms with E-state index in [1.54, 1.807) is 6.07 Å². The van der Waals surface area contributed by atoms with E-state index in [4.69, 9.17) is 9.26 Å². The van der Waals surface area contributed by atoms with Crippen molar-refractivity contribution in [1.82, 2.24) is 24.9 Å². The van der Waals surface area contributed by atoms with Crippen LogP contribution in [0, 0.1) is 0 Å². The first-order valence-electron chi connectivity index (χ1n) is 8.26. The summed E-state index contributed by atoms with van der Waals surface area (Å²) in [6.07, 6.45) is 7.35. The molecule has 1 N–H and O–H groups in total. The summed E-state index contributed by atoms with van der Waals surface area (Å²) < 4.78 is 12.9. The zero-order valence-corrected chi connectivity index (χ0v) is 13.6. The van der Waals surface area contributed by atoms with Gasteiger partial charge in [0.25, 0.3) is 5.91 Å². The van der Waals surface area contributed by atoms with Gasteiger partial charge >= 0.3 is 0 Å². The third-order valence-corrected chi connectivity index (χ3v) is 4.87. The van der Waals surface area contributed by atoms with Crippen molar-refractivity contribution in [2.75, 3.05) is 13.2 Å². The average molecular weight is 331 g/mol. The van der Waals surface area contributed by atoms with Gasteiger partial charge in [-0.25, -0.2) is 4.98 Å². The van der Waals surface area contributed by atoms with Gasteiger partial charge in [-0.3, -0.25) is 9.69 Å². The number of hydrogen-bond acceptors (Lipinski definition) is 6. The molecule has 2 aromatic rings. The molecule has 0 aromatic carbocycles. The van der Waals surface area contributed by atoms with Crippen LogP contribution in [0.1, 0.15) is 29.2 Å². The summed E-state index contributed by atoms with van der Waals surface area (Å²) in [5.74, 6) is 0.996. The quantitative estimate of drug-likeness (QED) is 0.882. The number of ether oxygens (including phenoxy) is 1. The number of carbonyl (C=O) groups is 1. The third kappa shape index (κ3) is 2.83. The Morgan fingerprint density at radius 1 is 1.46 bits per heavy atom. The van der Waals surface area contributed by atoms with Crippen LogP contribution in [-0.4, -0.2) is 56.9 Å². The number of rotatable bonds is 4. The highest BCUT2D eigenvalue weighted by molar-refractivity contribution is 5.91. The monoisotopic (exact) mass is 331 g/mol. The van der Waals surface area contributed by atoms with E-state index in [-0.39, 0.29) is 23.8 Å². The minimum atomic E-state index is -0.246. The Kier molecular flexibility index (Phi) is 4.07. The summed E-state index contributed by atoms with van der Waals surface area (Å²) in [5.41, 5.74) is 0. The highest BCUT2D eigenvalue weighted by Crippen LogP contribution is 2.30. The first-order chi connectivity index (χ1) is 11.7. The number of nitrogens with zero attached hydrogens (tertiary/aromatic N) is 4. The predicted molar refractivity (Wildman–Crippen MR) is 84.1 cm³/mol. The highest BCUT2D eigenvalue weighted by Gasteiger charge is 2.45. The summed E-state index contributed by atoms with van der Waals surface area (Å²) in [7, 11) is 2.00. The molecule has 0 spiro atoms. The molecule has 8 heteroatoms. The van der Waals surface area contributed by atoms with Gasteiger partial charge in [0, 0.05) is 44.7 Å². The molecule has 4 heterocycles. The lowest BCUT2D eigenvalue weighted by atomic mass is 10.0. The van der Waals surface area contributed by atoms with E-state index in [9.17, 15) is 4.79 Å². The number of hydrogen-bond donors (Lipinski definition) is 1. The van der Waals surface area contributed by atoms with Crippen molar-refractivity contribution in [3.8, 4) is 0 Å². The van der Waals surface area contributed by atoms with Crippen LogP contribution in [0.3, 0.4) is 0 Å². The van der Waals surface area contributed by atoms with Crippen molar-refractivity contribution in [3.05, 3.63) is 36.2 Å². The Bertz CT molecular complexity index is 698. The predicted octanol–water partition coefficient (Wildman–Crippen LogP) is 0.570. The van der Waals surface area contributed by atoms with Crippen LogP contribution in [0.5, 0.6) is 0 Å². The molecule has 0 saturated carbocycles. The van der Waals surface area contributed by atoms with Crippen molar-refractivity contribution in [3.63, 3.8) is 0 Å². The minimum absolute atomic E-state index is 0.00545. The zero-order chi connectivity index (χ0) is 16.5. The molecule has 3 atom stereocenters. The lowest BCUT2D eigenvalue weighted by Crippen LogP contribution is -2.47. The van der Waals surface area contributed by atoms with Crippen molar-refractivity contribution < 1.29 is 14.1 Å². The van der Waals surface area contributed by atoms with E-state index in [2.05, 4.69) is 20.4 Å². The van der Waals surface area contributed by atoms with Crippen molar-refractivity contribution >= 4 is 5.91 Å². The fourth-order valence-corrected chi connectivity index (χ4v) is 3.67. The smallest absolute Gasteiger partial charge is 0.290 e. The van der Waals surface area contributed by atoms with E-state index in [0.29, 0.717) is 6.04 Å². The number of carbonyl (C=O) groups excluding carboxylic acids is 1. The van der Waals surface area contributed by atoms with Gasteiger partial charge in [0.05, 0.1) is 24.9 Å². The molecule has 128 valence electrons. The van der Waals surface area contributed by atoms with Crippen LogP contribution in [0.15, 0.2) is 29.2 Å². The lowest BCUT2D eigenvalue weighted by Gasteiger charge is -2.32. The van der Waals surface area contributed by atoms with Gasteiger partial charge < -0.3 is 19.1 Å². The molecule has 24 heavy (non-hydrogen) atoms. The molecule has 4 rings (SSSR count). The van der Waals surface area contributed by atoms with Gasteiger partial charge in [0.15, 0.2) is 0 Å². The van der Waals surface area contributed by atoms with E-state index in [1.807, 2.05) is 24.0 Å². The van der Waals surface area contributed by atoms with Gasteiger partial charge in [0.1, 0.15) is 5.82 Å². The molecule has 0 aliphatic carbocycles. The highest BCUT2D eigenvalue weighted by atomic mass is 16.5. The van der Waals surface area contributed by atoms with Crippen LogP contribution < -0.4 is 5.32 Å². The molecule has 2 saturated heterocycles. The molecule has 0 bridgehead atoms. The molecular formula is C16H21N5O3. The SMILES string of the molecule is Cn1ccnc1CN1C[C@@H](NC(=O)c2ccno2)[C@H]2OCCC[C@H]21. The normalized spacial score (nSPS) is 27.1. The van der Waals surface area contributed by atoms with Gasteiger partial charge in [0.2, 0.25) is 5.76 Å². The maximum absolute atomic E-state index is 12.3. The standard InChI is InChI=1S/C16H21N5O3/c1-20-7-6-17-14(20)10-21-9-11(15-12(21)3-2-8-23-15)19-16(22)13-4-5-18-24-13/h4-7,11-12,15H,2-3,8-10H2,1H3,(H,19,22)/t11-,12-,15-/m1/s1. The second-order valence-corrected chi connectivity index (χ2v) is 6.39. The average Bonchev–Trinajstić information content (AvgIpc) is 3.31. The topological polar surface area (TPSA) is 85.4 Å². The molecule has 2 aliphatic heterocycles. The zero-order valence-electron chi connectivity index (χ0n) is 13.6. The van der Waals surface area contributed by atoms with Crippen molar-refractivity contribution in [2.24, 2.45) is 7.05 Å². The number of aryl methyl sites for hydroxylation is 1. The van der Waals surface area contributed by atoms with E-state index in [1.165, 1.54) is 6.20 Å². The summed E-state index contributed by atoms with van der Waals surface area (Å²) in [4.78, 5) is 19.1. The van der Waals surface area contributed by atoms with Crippen LogP contribution in [0.4, 0.5) is 0 Å². The number of aromatic nitrogens is 3. The summed E-state index contributed by atoms with van der Waals surface area (Å²) in [6, 6.07) is 1.80. The minimum Gasteiger partial charge on any atom is -0.374 e. The number of fused-ring (bicyclic) bond motifs is 1. The summed E-state index contributed by atoms with van der Waals surface area (Å²) >= 11 is 0.